The number of aliphatic hydroxyl groups excluding tert-OH is 4. The van der Waals surface area contributed by atoms with Crippen LogP contribution in [0.1, 0.15) is 58.1 Å². The number of Topliss-reactive ketones (excluding diaryl/α,β-unsaturated/α-hetero) is 2. The summed E-state index contributed by atoms with van der Waals surface area (Å²) in [5.41, 5.74) is 1.97. The standard InChI is InChI=1S/C36H33NO12/c1-15-9-20-28(25(10-15)46-3)24(40)12-21(30(20)41)27-16(2)11-19-23(39)13-22(31(42)29(19)35(27)47-4)37-17-5-7-18(8-6-17)48-36-34(45)33(44)32(43)26(14-38)49-36/h5-13,26,32-34,36-38,43-45H,14H2,1-4H3/t26-,32+,33+,34-,36-/m1/s1. The summed E-state index contributed by atoms with van der Waals surface area (Å²) in [6, 6.07) is 10.8. The third-order valence-electron chi connectivity index (χ3n) is 8.68. The highest BCUT2D eigenvalue weighted by Gasteiger charge is 2.45. The molecule has 5 atom stereocenters. The summed E-state index contributed by atoms with van der Waals surface area (Å²) in [7, 11) is 2.73. The van der Waals surface area contributed by atoms with Gasteiger partial charge in [-0.3, -0.25) is 19.2 Å². The summed E-state index contributed by atoms with van der Waals surface area (Å²) in [6.07, 6.45) is -4.94. The molecule has 1 fully saturated rings. The topological polar surface area (TPSA) is 198 Å². The van der Waals surface area contributed by atoms with Gasteiger partial charge in [-0.2, -0.15) is 0 Å². The predicted molar refractivity (Wildman–Crippen MR) is 173 cm³/mol. The first-order chi connectivity index (χ1) is 23.4. The van der Waals surface area contributed by atoms with E-state index in [0.29, 0.717) is 16.8 Å². The van der Waals surface area contributed by atoms with Crippen molar-refractivity contribution in [2.75, 3.05) is 26.1 Å². The van der Waals surface area contributed by atoms with E-state index in [-0.39, 0.29) is 56.3 Å². The van der Waals surface area contributed by atoms with Crippen LogP contribution in [0.25, 0.3) is 5.57 Å². The number of fused-ring (bicyclic) bond motifs is 2. The van der Waals surface area contributed by atoms with Gasteiger partial charge in [0.15, 0.2) is 17.3 Å². The largest absolute Gasteiger partial charge is 0.496 e. The molecular weight excluding hydrogens is 638 g/mol. The maximum atomic E-state index is 14.0. The summed E-state index contributed by atoms with van der Waals surface area (Å²) in [5, 5.41) is 42.6. The fourth-order valence-corrected chi connectivity index (χ4v) is 6.27. The van der Waals surface area contributed by atoms with Crippen molar-refractivity contribution in [3.8, 4) is 17.2 Å². The molecule has 0 amide bonds. The smallest absolute Gasteiger partial charge is 0.229 e. The Morgan fingerprint density at radius 1 is 0.776 bits per heavy atom. The Morgan fingerprint density at radius 3 is 2.14 bits per heavy atom. The van der Waals surface area contributed by atoms with Crippen molar-refractivity contribution in [1.82, 2.24) is 0 Å². The summed E-state index contributed by atoms with van der Waals surface area (Å²) >= 11 is 0. The van der Waals surface area contributed by atoms with Crippen LogP contribution in [0.5, 0.6) is 17.2 Å². The van der Waals surface area contributed by atoms with Gasteiger partial charge in [-0.05, 0) is 73.5 Å². The molecule has 13 heteroatoms. The molecule has 0 aromatic heterocycles. The highest BCUT2D eigenvalue weighted by Crippen LogP contribution is 2.42. The van der Waals surface area contributed by atoms with E-state index in [9.17, 15) is 39.6 Å². The van der Waals surface area contributed by atoms with Gasteiger partial charge in [0.1, 0.15) is 41.7 Å². The number of carbonyl (C=O) groups is 4. The SMILES string of the molecule is COc1cc(C)cc2c1C(=O)C=C(c1c(C)cc3c(c1OC)C(=O)C(Nc1ccc(O[C@@H]4O[C@H](CO)[C@H](O)[C@H](O)[C@H]4O)cc1)=CC3=O)C2=O. The maximum Gasteiger partial charge on any atom is 0.229 e. The molecule has 0 spiro atoms. The van der Waals surface area contributed by atoms with Crippen molar-refractivity contribution in [1.29, 1.82) is 0 Å². The molecule has 1 heterocycles. The molecule has 3 aromatic rings. The van der Waals surface area contributed by atoms with Gasteiger partial charge in [0.05, 0.1) is 37.7 Å². The van der Waals surface area contributed by atoms with Crippen molar-refractivity contribution in [3.63, 3.8) is 0 Å². The Labute approximate surface area is 280 Å². The van der Waals surface area contributed by atoms with E-state index >= 15 is 0 Å². The van der Waals surface area contributed by atoms with Crippen molar-refractivity contribution in [2.45, 2.75) is 44.6 Å². The predicted octanol–water partition coefficient (Wildman–Crippen LogP) is 2.34. The first-order valence-electron chi connectivity index (χ1n) is 15.2. The van der Waals surface area contributed by atoms with Gasteiger partial charge in [-0.1, -0.05) is 0 Å². The van der Waals surface area contributed by atoms with Crippen LogP contribution in [0.15, 0.2) is 60.3 Å². The summed E-state index contributed by atoms with van der Waals surface area (Å²) in [4.78, 5) is 54.5. The van der Waals surface area contributed by atoms with E-state index in [2.05, 4.69) is 5.32 Å². The van der Waals surface area contributed by atoms with Crippen molar-refractivity contribution >= 4 is 34.4 Å². The fraction of sp³-hybridized carbons (Fsp3) is 0.278. The van der Waals surface area contributed by atoms with E-state index in [0.717, 1.165) is 6.08 Å². The van der Waals surface area contributed by atoms with Crippen LogP contribution in [-0.4, -0.2) is 95.1 Å². The van der Waals surface area contributed by atoms with Gasteiger partial charge in [0.2, 0.25) is 12.1 Å². The number of hydrogen-bond acceptors (Lipinski definition) is 13. The Kier molecular flexibility index (Phi) is 8.96. The van der Waals surface area contributed by atoms with E-state index in [1.807, 2.05) is 0 Å². The van der Waals surface area contributed by atoms with Crippen LogP contribution in [-0.2, 0) is 4.74 Å². The average molecular weight is 672 g/mol. The lowest BCUT2D eigenvalue weighted by molar-refractivity contribution is -0.277. The van der Waals surface area contributed by atoms with Gasteiger partial charge < -0.3 is 44.7 Å². The maximum absolute atomic E-state index is 14.0. The lowest BCUT2D eigenvalue weighted by Crippen LogP contribution is -2.60. The van der Waals surface area contributed by atoms with E-state index in [4.69, 9.17) is 18.9 Å². The molecule has 1 saturated heterocycles. The Morgan fingerprint density at radius 2 is 1.49 bits per heavy atom. The van der Waals surface area contributed by atoms with Gasteiger partial charge in [0.25, 0.3) is 0 Å². The molecule has 49 heavy (non-hydrogen) atoms. The molecule has 5 N–H and O–H groups in total. The first-order valence-corrected chi connectivity index (χ1v) is 15.2. The van der Waals surface area contributed by atoms with Gasteiger partial charge in [-0.25, -0.2) is 0 Å². The lowest BCUT2D eigenvalue weighted by atomic mass is 9.80. The molecule has 13 nitrogen and oxygen atoms in total. The van der Waals surface area contributed by atoms with Crippen LogP contribution in [0.4, 0.5) is 5.69 Å². The summed E-state index contributed by atoms with van der Waals surface area (Å²) < 4.78 is 22.1. The minimum atomic E-state index is -1.61. The number of anilines is 1. The summed E-state index contributed by atoms with van der Waals surface area (Å²) in [5.74, 6) is -1.57. The Balaban J connectivity index is 1.29. The second-order valence-corrected chi connectivity index (χ2v) is 11.9. The van der Waals surface area contributed by atoms with E-state index in [1.165, 1.54) is 50.6 Å². The van der Waals surface area contributed by atoms with Crippen molar-refractivity contribution in [2.24, 2.45) is 0 Å². The highest BCUT2D eigenvalue weighted by atomic mass is 16.7. The normalized spacial score (nSPS) is 23.3. The van der Waals surface area contributed by atoms with Crippen molar-refractivity contribution in [3.05, 3.63) is 99.3 Å². The van der Waals surface area contributed by atoms with Gasteiger partial charge in [-0.15, -0.1) is 0 Å². The Hall–Kier alpha value is -5.18. The number of aryl methyl sites for hydroxylation is 2. The number of ether oxygens (including phenoxy) is 4. The molecular formula is C36H33NO12. The number of ketones is 4. The molecule has 0 radical (unpaired) electrons. The number of rotatable bonds is 8. The van der Waals surface area contributed by atoms with Crippen LogP contribution in [0, 0.1) is 13.8 Å². The number of methoxy groups -OCH3 is 2. The molecule has 254 valence electrons. The molecule has 0 unspecified atom stereocenters. The fourth-order valence-electron chi connectivity index (χ4n) is 6.27. The number of carbonyl (C=O) groups excluding carboxylic acids is 4. The number of benzene rings is 3. The van der Waals surface area contributed by atoms with Gasteiger partial charge in [0, 0.05) is 34.0 Å². The van der Waals surface area contributed by atoms with Crippen LogP contribution >= 0.6 is 0 Å². The number of hydrogen-bond donors (Lipinski definition) is 5. The minimum absolute atomic E-state index is 0.0154. The van der Waals surface area contributed by atoms with E-state index < -0.39 is 60.4 Å². The molecule has 1 aliphatic heterocycles. The molecule has 6 rings (SSSR count). The molecule has 3 aromatic carbocycles. The van der Waals surface area contributed by atoms with Crippen molar-refractivity contribution < 1.29 is 58.6 Å². The zero-order chi connectivity index (χ0) is 35.3. The number of nitrogens with one attached hydrogen (secondary N) is 1. The van der Waals surface area contributed by atoms with Crippen LogP contribution in [0.3, 0.4) is 0 Å². The molecule has 0 bridgehead atoms. The second kappa shape index (κ2) is 13.0. The van der Waals surface area contributed by atoms with E-state index in [1.54, 1.807) is 26.0 Å². The van der Waals surface area contributed by atoms with Crippen LogP contribution < -0.4 is 19.5 Å². The Bertz CT molecular complexity index is 1960. The van der Waals surface area contributed by atoms with Gasteiger partial charge >= 0.3 is 0 Å². The highest BCUT2D eigenvalue weighted by molar-refractivity contribution is 6.40. The molecule has 0 saturated carbocycles. The zero-order valence-corrected chi connectivity index (χ0v) is 26.8. The average Bonchev–Trinajstić information content (AvgIpc) is 3.08. The number of allylic oxidation sites excluding steroid dienone is 4. The number of aliphatic hydroxyl groups is 4. The lowest BCUT2D eigenvalue weighted by Gasteiger charge is -2.39. The quantitative estimate of drug-likeness (QED) is 0.234. The molecule has 3 aliphatic rings. The zero-order valence-electron chi connectivity index (χ0n) is 26.8. The minimum Gasteiger partial charge on any atom is -0.496 e. The summed E-state index contributed by atoms with van der Waals surface area (Å²) in [6.45, 7) is 2.82. The first kappa shape index (κ1) is 33.7. The molecule has 2 aliphatic carbocycles. The monoisotopic (exact) mass is 671 g/mol. The second-order valence-electron chi connectivity index (χ2n) is 11.9. The third-order valence-corrected chi connectivity index (χ3v) is 8.68. The van der Waals surface area contributed by atoms with Crippen LogP contribution in [0.2, 0.25) is 0 Å². The third kappa shape index (κ3) is 5.81.